The quantitative estimate of drug-likeness (QED) is 0.655. The maximum atomic E-state index is 15.5. The molecule has 2 amide bonds. The van der Waals surface area contributed by atoms with E-state index in [2.05, 4.69) is 0 Å². The molecule has 1 heterocycles. The van der Waals surface area contributed by atoms with Gasteiger partial charge >= 0.3 is 12.1 Å². The molecule has 0 aliphatic carbocycles. The summed E-state index contributed by atoms with van der Waals surface area (Å²) in [6.07, 6.45) is -0.808. The Hall–Kier alpha value is -1.86. The summed E-state index contributed by atoms with van der Waals surface area (Å²) in [5.74, 6) is -1.56. The van der Waals surface area contributed by atoms with E-state index in [1.165, 1.54) is 11.9 Å². The van der Waals surface area contributed by atoms with Gasteiger partial charge in [0, 0.05) is 33.0 Å². The zero-order valence-corrected chi connectivity index (χ0v) is 19.3. The summed E-state index contributed by atoms with van der Waals surface area (Å²) >= 11 is 0. The second-order valence-electron chi connectivity index (χ2n) is 10.1. The maximum Gasteiger partial charge on any atom is 0.410 e. The highest BCUT2D eigenvalue weighted by Crippen LogP contribution is 2.31. The van der Waals surface area contributed by atoms with Crippen molar-refractivity contribution < 1.29 is 28.2 Å². The maximum absolute atomic E-state index is 15.5. The molecule has 0 spiro atoms. The highest BCUT2D eigenvalue weighted by molar-refractivity contribution is 5.90. The third-order valence-corrected chi connectivity index (χ3v) is 4.61. The largest absolute Gasteiger partial charge is 0.458 e. The highest BCUT2D eigenvalue weighted by atomic mass is 19.1. The first-order valence-corrected chi connectivity index (χ1v) is 10.1. The lowest BCUT2D eigenvalue weighted by Gasteiger charge is -2.40. The summed E-state index contributed by atoms with van der Waals surface area (Å²) in [7, 11) is 1.43. The van der Waals surface area contributed by atoms with Crippen molar-refractivity contribution in [2.24, 2.45) is 5.92 Å². The summed E-state index contributed by atoms with van der Waals surface area (Å²) in [5, 5.41) is 0. The van der Waals surface area contributed by atoms with Gasteiger partial charge in [-0.25, -0.2) is 14.0 Å². The van der Waals surface area contributed by atoms with Gasteiger partial charge in [0.1, 0.15) is 17.2 Å². The Kier molecular flexibility index (Phi) is 7.71. The van der Waals surface area contributed by atoms with E-state index < -0.39 is 40.9 Å². The molecule has 8 heteroatoms. The third kappa shape index (κ3) is 7.16. The molecule has 0 bridgehead atoms. The van der Waals surface area contributed by atoms with E-state index in [0.717, 1.165) is 4.90 Å². The predicted molar refractivity (Wildman–Crippen MR) is 108 cm³/mol. The van der Waals surface area contributed by atoms with Crippen LogP contribution in [0.2, 0.25) is 0 Å². The fourth-order valence-corrected chi connectivity index (χ4v) is 3.27. The monoisotopic (exact) mass is 416 g/mol. The molecule has 0 unspecified atom stereocenters. The molecule has 0 aromatic carbocycles. The lowest BCUT2D eigenvalue weighted by molar-refractivity contribution is -0.169. The van der Waals surface area contributed by atoms with Crippen molar-refractivity contribution in [3.8, 4) is 0 Å². The molecule has 0 aromatic rings. The highest BCUT2D eigenvalue weighted by Gasteiger charge is 2.47. The number of hydrogen-bond donors (Lipinski definition) is 0. The lowest BCUT2D eigenvalue weighted by Crippen LogP contribution is -2.57. The molecule has 1 rings (SSSR count). The molecule has 29 heavy (non-hydrogen) atoms. The zero-order chi connectivity index (χ0) is 22.8. The van der Waals surface area contributed by atoms with E-state index in [0.29, 0.717) is 0 Å². The molecule has 1 atom stereocenters. The van der Waals surface area contributed by atoms with Crippen LogP contribution in [0.4, 0.5) is 9.18 Å². The van der Waals surface area contributed by atoms with E-state index >= 15 is 4.39 Å². The van der Waals surface area contributed by atoms with Gasteiger partial charge in [-0.15, -0.1) is 0 Å². The van der Waals surface area contributed by atoms with Crippen molar-refractivity contribution in [1.82, 2.24) is 9.80 Å². The normalized spacial score (nSPS) is 18.2. The van der Waals surface area contributed by atoms with E-state index in [9.17, 15) is 14.4 Å². The minimum Gasteiger partial charge on any atom is -0.458 e. The van der Waals surface area contributed by atoms with Crippen LogP contribution in [0.1, 0.15) is 68.2 Å². The average molecular weight is 417 g/mol. The number of likely N-dealkylation sites (tertiary alicyclic amines) is 1. The minimum absolute atomic E-state index is 0.0732. The van der Waals surface area contributed by atoms with Gasteiger partial charge in [0.25, 0.3) is 5.91 Å². The van der Waals surface area contributed by atoms with Gasteiger partial charge in [-0.1, -0.05) is 13.8 Å². The summed E-state index contributed by atoms with van der Waals surface area (Å²) in [4.78, 5) is 40.3. The standard InChI is InChI=1S/C21H37FN2O5/c1-14(2)15(16(25)28-19(3,4)5)23(9)17(26)21(22)10-12-24(13-11-21)18(27)29-20(6,7)8/h14-15H,10-13H2,1-9H3/t15-/m0/s1. The number of esters is 1. The number of likely N-dealkylation sites (N-methyl/N-ethyl adjacent to an activating group) is 1. The second-order valence-corrected chi connectivity index (χ2v) is 10.1. The van der Waals surface area contributed by atoms with Gasteiger partial charge in [-0.3, -0.25) is 4.79 Å². The van der Waals surface area contributed by atoms with Crippen LogP contribution in [0.25, 0.3) is 0 Å². The van der Waals surface area contributed by atoms with Crippen LogP contribution >= 0.6 is 0 Å². The zero-order valence-electron chi connectivity index (χ0n) is 19.3. The second kappa shape index (κ2) is 8.88. The van der Waals surface area contributed by atoms with Gasteiger partial charge in [0.05, 0.1) is 0 Å². The van der Waals surface area contributed by atoms with Gasteiger partial charge in [0.15, 0.2) is 5.67 Å². The molecule has 168 valence electrons. The van der Waals surface area contributed by atoms with E-state index in [1.54, 1.807) is 55.4 Å². The smallest absolute Gasteiger partial charge is 0.410 e. The Morgan fingerprint density at radius 1 is 0.966 bits per heavy atom. The molecule has 1 aliphatic heterocycles. The van der Waals surface area contributed by atoms with Gasteiger partial charge in [-0.05, 0) is 47.5 Å². The Morgan fingerprint density at radius 3 is 1.79 bits per heavy atom. The summed E-state index contributed by atoms with van der Waals surface area (Å²) in [6.45, 7) is 14.2. The average Bonchev–Trinajstić information content (AvgIpc) is 2.50. The third-order valence-electron chi connectivity index (χ3n) is 4.61. The number of piperidine rings is 1. The summed E-state index contributed by atoms with van der Waals surface area (Å²) in [5.41, 5.74) is -3.49. The van der Waals surface area contributed by atoms with Crippen LogP contribution in [-0.2, 0) is 19.1 Å². The number of rotatable bonds is 4. The van der Waals surface area contributed by atoms with Crippen LogP contribution in [-0.4, -0.2) is 70.8 Å². The van der Waals surface area contributed by atoms with Crippen LogP contribution in [0.5, 0.6) is 0 Å². The van der Waals surface area contributed by atoms with E-state index in [4.69, 9.17) is 9.47 Å². The molecular formula is C21H37FN2O5. The lowest BCUT2D eigenvalue weighted by atomic mass is 9.90. The number of hydrogen-bond acceptors (Lipinski definition) is 5. The number of carbonyl (C=O) groups excluding carboxylic acids is 3. The van der Waals surface area contributed by atoms with Crippen LogP contribution in [0.15, 0.2) is 0 Å². The molecule has 1 aliphatic rings. The van der Waals surface area contributed by atoms with Crippen molar-refractivity contribution in [2.45, 2.75) is 91.1 Å². The Labute approximate surface area is 173 Å². The molecule has 0 saturated carbocycles. The van der Waals surface area contributed by atoms with Crippen LogP contribution in [0, 0.1) is 5.92 Å². The Balaban J connectivity index is 2.85. The van der Waals surface area contributed by atoms with Crippen molar-refractivity contribution in [1.29, 1.82) is 0 Å². The molecule has 0 aromatic heterocycles. The fourth-order valence-electron chi connectivity index (χ4n) is 3.27. The van der Waals surface area contributed by atoms with Crippen molar-refractivity contribution >= 4 is 18.0 Å². The molecule has 1 fully saturated rings. The predicted octanol–water partition coefficient (Wildman–Crippen LogP) is 3.55. The van der Waals surface area contributed by atoms with Crippen molar-refractivity contribution in [3.63, 3.8) is 0 Å². The Morgan fingerprint density at radius 2 is 1.41 bits per heavy atom. The van der Waals surface area contributed by atoms with Crippen molar-refractivity contribution in [3.05, 3.63) is 0 Å². The first-order chi connectivity index (χ1) is 13.0. The van der Waals surface area contributed by atoms with Crippen LogP contribution in [0.3, 0.4) is 0 Å². The number of nitrogens with zero attached hydrogens (tertiary/aromatic N) is 2. The summed E-state index contributed by atoms with van der Waals surface area (Å²) < 4.78 is 26.2. The number of ether oxygens (including phenoxy) is 2. The van der Waals surface area contributed by atoms with Gasteiger partial charge < -0.3 is 19.3 Å². The number of halogens is 1. The molecule has 1 saturated heterocycles. The molecule has 0 radical (unpaired) electrons. The molecular weight excluding hydrogens is 379 g/mol. The van der Waals surface area contributed by atoms with E-state index in [1.807, 2.05) is 0 Å². The fraction of sp³-hybridized carbons (Fsp3) is 0.857. The minimum atomic E-state index is -2.14. The van der Waals surface area contributed by atoms with E-state index in [-0.39, 0.29) is 31.8 Å². The number of amides is 2. The van der Waals surface area contributed by atoms with Gasteiger partial charge in [-0.2, -0.15) is 0 Å². The number of carbonyl (C=O) groups is 3. The number of alkyl halides is 1. The Bertz CT molecular complexity index is 614. The summed E-state index contributed by atoms with van der Waals surface area (Å²) in [6, 6.07) is -0.891. The first kappa shape index (κ1) is 25.2. The van der Waals surface area contributed by atoms with Gasteiger partial charge in [0.2, 0.25) is 0 Å². The topological polar surface area (TPSA) is 76.2 Å². The SMILES string of the molecule is CC(C)[C@@H](C(=O)OC(C)(C)C)N(C)C(=O)C1(F)CCN(C(=O)OC(C)(C)C)CC1. The van der Waals surface area contributed by atoms with Crippen LogP contribution < -0.4 is 0 Å². The molecule has 0 N–H and O–H groups in total. The molecule has 7 nitrogen and oxygen atoms in total. The first-order valence-electron chi connectivity index (χ1n) is 10.1. The van der Waals surface area contributed by atoms with Crippen molar-refractivity contribution in [2.75, 3.05) is 20.1 Å².